The average Bonchev–Trinajstić information content (AvgIpc) is 2.92. The van der Waals surface area contributed by atoms with E-state index in [0.717, 1.165) is 44.5 Å². The number of thiazole rings is 1. The molecule has 0 aliphatic rings. The van der Waals surface area contributed by atoms with E-state index in [1.807, 2.05) is 55.6 Å². The molecular formula is C20H19ClN2OS. The second-order valence-corrected chi connectivity index (χ2v) is 7.52. The van der Waals surface area contributed by atoms with Crippen molar-refractivity contribution in [2.75, 3.05) is 5.32 Å². The molecule has 3 nitrogen and oxygen atoms in total. The summed E-state index contributed by atoms with van der Waals surface area (Å²) >= 11 is 7.58. The fourth-order valence-electron chi connectivity index (χ4n) is 2.75. The highest BCUT2D eigenvalue weighted by Gasteiger charge is 2.09. The number of anilines is 1. The monoisotopic (exact) mass is 370 g/mol. The maximum Gasteiger partial charge on any atom is 0.230 e. The Morgan fingerprint density at radius 2 is 1.92 bits per heavy atom. The summed E-state index contributed by atoms with van der Waals surface area (Å²) in [4.78, 5) is 16.8. The Labute approximate surface area is 156 Å². The predicted octanol–water partition coefficient (Wildman–Crippen LogP) is 5.19. The van der Waals surface area contributed by atoms with Crippen molar-refractivity contribution in [3.05, 3.63) is 80.3 Å². The van der Waals surface area contributed by atoms with E-state index in [-0.39, 0.29) is 12.3 Å². The molecule has 0 bridgehead atoms. The third-order valence-corrected chi connectivity index (χ3v) is 4.82. The van der Waals surface area contributed by atoms with Crippen molar-refractivity contribution in [2.45, 2.75) is 26.7 Å². The third kappa shape index (κ3) is 5.15. The van der Waals surface area contributed by atoms with E-state index in [2.05, 4.69) is 16.4 Å². The molecule has 0 spiro atoms. The van der Waals surface area contributed by atoms with Crippen molar-refractivity contribution in [1.29, 1.82) is 0 Å². The molecule has 1 heterocycles. The number of halogens is 1. The summed E-state index contributed by atoms with van der Waals surface area (Å²) in [6.45, 7) is 4.04. The number of aryl methyl sites for hydroxylation is 2. The number of nitrogens with zero attached hydrogens (tertiary/aromatic N) is 1. The normalized spacial score (nSPS) is 10.7. The topological polar surface area (TPSA) is 42.0 Å². The second kappa shape index (κ2) is 7.81. The quantitative estimate of drug-likeness (QED) is 0.671. The zero-order valence-electron chi connectivity index (χ0n) is 14.2. The lowest BCUT2D eigenvalue weighted by atomic mass is 10.1. The molecule has 25 heavy (non-hydrogen) atoms. The van der Waals surface area contributed by atoms with Crippen LogP contribution in [0.15, 0.2) is 47.8 Å². The van der Waals surface area contributed by atoms with Gasteiger partial charge in [-0.3, -0.25) is 4.79 Å². The van der Waals surface area contributed by atoms with Crippen LogP contribution >= 0.6 is 22.9 Å². The van der Waals surface area contributed by atoms with Gasteiger partial charge in [0, 0.05) is 22.5 Å². The standard InChI is InChI=1S/C20H19ClN2OS/c1-13-6-14(2)8-17(7-13)22-19(24)11-18-12-25-20(23-18)10-15-4-3-5-16(21)9-15/h3-9,12H,10-11H2,1-2H3,(H,22,24). The summed E-state index contributed by atoms with van der Waals surface area (Å²) in [5, 5.41) is 6.60. The Bertz CT molecular complexity index is 884. The Balaban J connectivity index is 1.61. The van der Waals surface area contributed by atoms with Crippen LogP contribution in [-0.4, -0.2) is 10.9 Å². The number of nitrogens with one attached hydrogen (secondary N) is 1. The summed E-state index contributed by atoms with van der Waals surface area (Å²) in [5.74, 6) is -0.0513. The molecule has 0 saturated carbocycles. The van der Waals surface area contributed by atoms with Gasteiger partial charge in [0.1, 0.15) is 0 Å². The number of hydrogen-bond acceptors (Lipinski definition) is 3. The van der Waals surface area contributed by atoms with E-state index >= 15 is 0 Å². The van der Waals surface area contributed by atoms with E-state index in [9.17, 15) is 4.79 Å². The fraction of sp³-hybridized carbons (Fsp3) is 0.200. The molecule has 0 unspecified atom stereocenters. The van der Waals surface area contributed by atoms with Gasteiger partial charge in [-0.2, -0.15) is 0 Å². The van der Waals surface area contributed by atoms with Crippen LogP contribution < -0.4 is 5.32 Å². The Morgan fingerprint density at radius 3 is 2.64 bits per heavy atom. The summed E-state index contributed by atoms with van der Waals surface area (Å²) in [5.41, 5.74) is 5.01. The highest BCUT2D eigenvalue weighted by atomic mass is 35.5. The maximum absolute atomic E-state index is 12.3. The molecule has 1 amide bonds. The van der Waals surface area contributed by atoms with Crippen molar-refractivity contribution in [3.8, 4) is 0 Å². The van der Waals surface area contributed by atoms with Crippen LogP contribution in [-0.2, 0) is 17.6 Å². The van der Waals surface area contributed by atoms with Crippen LogP contribution in [0.3, 0.4) is 0 Å². The molecule has 2 aromatic carbocycles. The first-order chi connectivity index (χ1) is 12.0. The highest BCUT2D eigenvalue weighted by molar-refractivity contribution is 7.09. The van der Waals surface area contributed by atoms with Gasteiger partial charge >= 0.3 is 0 Å². The average molecular weight is 371 g/mol. The zero-order valence-corrected chi connectivity index (χ0v) is 15.7. The minimum absolute atomic E-state index is 0.0513. The lowest BCUT2D eigenvalue weighted by Crippen LogP contribution is -2.14. The molecule has 0 atom stereocenters. The van der Waals surface area contributed by atoms with E-state index in [1.165, 1.54) is 0 Å². The molecule has 3 aromatic rings. The van der Waals surface area contributed by atoms with Crippen molar-refractivity contribution in [3.63, 3.8) is 0 Å². The first-order valence-electron chi connectivity index (χ1n) is 8.04. The van der Waals surface area contributed by atoms with Crippen LogP contribution in [0.4, 0.5) is 5.69 Å². The molecule has 0 aliphatic heterocycles. The van der Waals surface area contributed by atoms with Crippen LogP contribution in [0.5, 0.6) is 0 Å². The molecular weight excluding hydrogens is 352 g/mol. The summed E-state index contributed by atoms with van der Waals surface area (Å²) in [6.07, 6.45) is 1.00. The van der Waals surface area contributed by atoms with E-state index in [1.54, 1.807) is 11.3 Å². The van der Waals surface area contributed by atoms with Crippen molar-refractivity contribution < 1.29 is 4.79 Å². The number of aromatic nitrogens is 1. The van der Waals surface area contributed by atoms with Crippen LogP contribution in [0.25, 0.3) is 0 Å². The van der Waals surface area contributed by atoms with Crippen LogP contribution in [0, 0.1) is 13.8 Å². The minimum atomic E-state index is -0.0513. The summed E-state index contributed by atoms with van der Waals surface area (Å²) < 4.78 is 0. The van der Waals surface area contributed by atoms with Gasteiger partial charge in [-0.05, 0) is 54.8 Å². The van der Waals surface area contributed by atoms with Crippen molar-refractivity contribution in [2.24, 2.45) is 0 Å². The van der Waals surface area contributed by atoms with Gasteiger partial charge in [0.2, 0.25) is 5.91 Å². The first kappa shape index (κ1) is 17.6. The Morgan fingerprint density at radius 1 is 1.16 bits per heavy atom. The maximum atomic E-state index is 12.3. The smallest absolute Gasteiger partial charge is 0.230 e. The van der Waals surface area contributed by atoms with Gasteiger partial charge in [-0.25, -0.2) is 4.98 Å². The van der Waals surface area contributed by atoms with E-state index in [4.69, 9.17) is 11.6 Å². The van der Waals surface area contributed by atoms with Crippen LogP contribution in [0.1, 0.15) is 27.4 Å². The lowest BCUT2D eigenvalue weighted by molar-refractivity contribution is -0.115. The number of rotatable bonds is 5. The molecule has 0 radical (unpaired) electrons. The van der Waals surface area contributed by atoms with Crippen molar-refractivity contribution in [1.82, 2.24) is 4.98 Å². The molecule has 5 heteroatoms. The largest absolute Gasteiger partial charge is 0.326 e. The van der Waals surface area contributed by atoms with Gasteiger partial charge in [0.15, 0.2) is 0 Å². The predicted molar refractivity (Wildman–Crippen MR) is 105 cm³/mol. The van der Waals surface area contributed by atoms with Gasteiger partial charge in [-0.15, -0.1) is 11.3 Å². The van der Waals surface area contributed by atoms with Gasteiger partial charge in [0.25, 0.3) is 0 Å². The van der Waals surface area contributed by atoms with Crippen molar-refractivity contribution >= 4 is 34.5 Å². The first-order valence-corrected chi connectivity index (χ1v) is 9.29. The Kier molecular flexibility index (Phi) is 5.51. The second-order valence-electron chi connectivity index (χ2n) is 6.14. The molecule has 3 rings (SSSR count). The van der Waals surface area contributed by atoms with Gasteiger partial charge in [0.05, 0.1) is 17.1 Å². The summed E-state index contributed by atoms with van der Waals surface area (Å²) in [6, 6.07) is 13.8. The molecule has 128 valence electrons. The SMILES string of the molecule is Cc1cc(C)cc(NC(=O)Cc2csc(Cc3cccc(Cl)c3)n2)c1. The molecule has 0 saturated heterocycles. The number of benzene rings is 2. The fourth-order valence-corrected chi connectivity index (χ4v) is 3.79. The highest BCUT2D eigenvalue weighted by Crippen LogP contribution is 2.19. The minimum Gasteiger partial charge on any atom is -0.326 e. The lowest BCUT2D eigenvalue weighted by Gasteiger charge is -2.06. The van der Waals surface area contributed by atoms with Gasteiger partial charge < -0.3 is 5.32 Å². The molecule has 0 fully saturated rings. The third-order valence-electron chi connectivity index (χ3n) is 3.69. The van der Waals surface area contributed by atoms with Gasteiger partial charge in [-0.1, -0.05) is 29.8 Å². The number of carbonyl (C=O) groups is 1. The number of hydrogen-bond donors (Lipinski definition) is 1. The zero-order chi connectivity index (χ0) is 17.8. The van der Waals surface area contributed by atoms with E-state index in [0.29, 0.717) is 0 Å². The molecule has 1 N–H and O–H groups in total. The molecule has 0 aliphatic carbocycles. The molecule has 1 aromatic heterocycles. The van der Waals surface area contributed by atoms with Crippen LogP contribution in [0.2, 0.25) is 5.02 Å². The number of amides is 1. The Hall–Kier alpha value is -2.17. The number of carbonyl (C=O) groups excluding carboxylic acids is 1. The van der Waals surface area contributed by atoms with E-state index < -0.39 is 0 Å². The summed E-state index contributed by atoms with van der Waals surface area (Å²) in [7, 11) is 0.